The van der Waals surface area contributed by atoms with Crippen LogP contribution in [0.2, 0.25) is 5.02 Å². The van der Waals surface area contributed by atoms with Crippen molar-refractivity contribution in [3.63, 3.8) is 0 Å². The minimum Gasteiger partial charge on any atom is -0.548 e. The average molecular weight is 376 g/mol. The molecule has 1 aromatic rings. The van der Waals surface area contributed by atoms with Gasteiger partial charge in [0.15, 0.2) is 0 Å². The van der Waals surface area contributed by atoms with Gasteiger partial charge in [-0.3, -0.25) is 4.79 Å². The quantitative estimate of drug-likeness (QED) is 0.746. The smallest absolute Gasteiger partial charge is 0.253 e. The highest BCUT2D eigenvalue weighted by Gasteiger charge is 2.24. The molecule has 9 heteroatoms. The fourth-order valence-corrected chi connectivity index (χ4v) is 3.07. The molecule has 0 saturated heterocycles. The van der Waals surface area contributed by atoms with Gasteiger partial charge in [0, 0.05) is 14.1 Å². The minimum atomic E-state index is -3.75. The van der Waals surface area contributed by atoms with Crippen LogP contribution in [-0.2, 0) is 14.8 Å². The number of carboxylic acid groups (broad SMARTS) is 1. The zero-order valence-corrected chi connectivity index (χ0v) is 15.4. The number of aliphatic carboxylic acids is 1. The lowest BCUT2D eigenvalue weighted by Crippen LogP contribution is -2.51. The van der Waals surface area contributed by atoms with Crippen LogP contribution in [-0.4, -0.2) is 44.7 Å². The lowest BCUT2D eigenvalue weighted by Gasteiger charge is -2.25. The molecule has 0 bridgehead atoms. The van der Waals surface area contributed by atoms with Crippen LogP contribution in [0.5, 0.6) is 0 Å². The van der Waals surface area contributed by atoms with E-state index in [1.54, 1.807) is 13.8 Å². The Labute approximate surface area is 146 Å². The molecule has 0 fully saturated rings. The van der Waals surface area contributed by atoms with E-state index in [0.717, 1.165) is 10.4 Å². The average Bonchev–Trinajstić information content (AvgIpc) is 2.51. The van der Waals surface area contributed by atoms with Gasteiger partial charge in [0.25, 0.3) is 5.91 Å². The first-order chi connectivity index (χ1) is 11.0. The van der Waals surface area contributed by atoms with Gasteiger partial charge in [-0.05, 0) is 24.1 Å². The van der Waals surface area contributed by atoms with Gasteiger partial charge in [0.1, 0.15) is 0 Å². The van der Waals surface area contributed by atoms with Gasteiger partial charge < -0.3 is 15.2 Å². The van der Waals surface area contributed by atoms with Crippen molar-refractivity contribution in [3.8, 4) is 0 Å². The van der Waals surface area contributed by atoms with E-state index in [9.17, 15) is 23.1 Å². The number of sulfonamides is 1. The van der Waals surface area contributed by atoms with Crippen molar-refractivity contribution >= 4 is 33.5 Å². The summed E-state index contributed by atoms with van der Waals surface area (Å²) in [4.78, 5) is 23.4. The maximum absolute atomic E-state index is 12.4. The van der Waals surface area contributed by atoms with Gasteiger partial charge in [-0.25, -0.2) is 12.7 Å². The molecule has 0 aromatic heterocycles. The SMILES string of the molecule is CC[C@@H](C)[C@H](NC(=O)c1cc(S(=O)(=O)N(C)C)ccc1Cl)C(=O)[O-]. The summed E-state index contributed by atoms with van der Waals surface area (Å²) in [5, 5.41) is 13.6. The topological polar surface area (TPSA) is 107 Å². The highest BCUT2D eigenvalue weighted by atomic mass is 35.5. The molecule has 0 saturated carbocycles. The van der Waals surface area contributed by atoms with Crippen molar-refractivity contribution < 1.29 is 23.1 Å². The lowest BCUT2D eigenvalue weighted by atomic mass is 9.99. The third-order valence-electron chi connectivity index (χ3n) is 3.71. The first-order valence-corrected chi connectivity index (χ1v) is 9.08. The zero-order valence-electron chi connectivity index (χ0n) is 13.9. The Morgan fingerprint density at radius 2 is 1.92 bits per heavy atom. The standard InChI is InChI=1S/C15H21ClN2O5S/c1-5-9(2)13(15(20)21)17-14(19)11-8-10(6-7-12(11)16)24(22,23)18(3)4/h6-9,13H,5H2,1-4H3,(H,17,19)(H,20,21)/p-1/t9-,13+/m1/s1. The molecule has 7 nitrogen and oxygen atoms in total. The predicted molar refractivity (Wildman–Crippen MR) is 88.0 cm³/mol. The fourth-order valence-electron chi connectivity index (χ4n) is 1.94. The zero-order chi connectivity index (χ0) is 18.7. The third kappa shape index (κ3) is 4.46. The summed E-state index contributed by atoms with van der Waals surface area (Å²) in [6.07, 6.45) is 0.516. The number of halogens is 1. The first-order valence-electron chi connectivity index (χ1n) is 7.26. The Morgan fingerprint density at radius 3 is 2.38 bits per heavy atom. The highest BCUT2D eigenvalue weighted by molar-refractivity contribution is 7.89. The Hall–Kier alpha value is -1.64. The molecular formula is C15H20ClN2O5S-. The van der Waals surface area contributed by atoms with Crippen LogP contribution in [0.1, 0.15) is 30.6 Å². The summed E-state index contributed by atoms with van der Waals surface area (Å²) in [6.45, 7) is 3.44. The molecule has 134 valence electrons. The Morgan fingerprint density at radius 1 is 1.33 bits per heavy atom. The van der Waals surface area contributed by atoms with Gasteiger partial charge in [-0.15, -0.1) is 0 Å². The van der Waals surface area contributed by atoms with E-state index in [-0.39, 0.29) is 21.4 Å². The van der Waals surface area contributed by atoms with Crippen molar-refractivity contribution in [2.45, 2.75) is 31.2 Å². The van der Waals surface area contributed by atoms with Crippen LogP contribution < -0.4 is 10.4 Å². The summed E-state index contributed by atoms with van der Waals surface area (Å²) in [5.41, 5.74) is -0.117. The molecule has 0 spiro atoms. The molecule has 1 aromatic carbocycles. The van der Waals surface area contributed by atoms with Crippen molar-refractivity contribution in [2.75, 3.05) is 14.1 Å². The molecule has 2 atom stereocenters. The molecule has 0 unspecified atom stereocenters. The molecular weight excluding hydrogens is 356 g/mol. The molecule has 1 rings (SSSR count). The summed E-state index contributed by atoms with van der Waals surface area (Å²) >= 11 is 5.96. The summed E-state index contributed by atoms with van der Waals surface area (Å²) in [7, 11) is -1.03. The van der Waals surface area contributed by atoms with Crippen molar-refractivity contribution in [1.29, 1.82) is 0 Å². The second-order valence-corrected chi connectivity index (χ2v) is 8.14. The molecule has 0 aliphatic rings. The van der Waals surface area contributed by atoms with Crippen LogP contribution in [0.3, 0.4) is 0 Å². The number of hydrogen-bond acceptors (Lipinski definition) is 5. The van der Waals surface area contributed by atoms with Gasteiger partial charge in [0.05, 0.1) is 27.5 Å². The maximum atomic E-state index is 12.4. The number of carbonyl (C=O) groups excluding carboxylic acids is 2. The summed E-state index contributed by atoms with van der Waals surface area (Å²) in [5.74, 6) is -2.54. The van der Waals surface area contributed by atoms with Gasteiger partial charge in [-0.1, -0.05) is 31.9 Å². The van der Waals surface area contributed by atoms with Crippen LogP contribution in [0.15, 0.2) is 23.1 Å². The fraction of sp³-hybridized carbons (Fsp3) is 0.467. The summed E-state index contributed by atoms with van der Waals surface area (Å²) < 4.78 is 25.3. The van der Waals surface area contributed by atoms with Gasteiger partial charge in [0.2, 0.25) is 10.0 Å². The third-order valence-corrected chi connectivity index (χ3v) is 5.86. The molecule has 0 radical (unpaired) electrons. The van der Waals surface area contributed by atoms with E-state index in [1.807, 2.05) is 0 Å². The minimum absolute atomic E-state index is 0.0199. The number of rotatable bonds is 7. The van der Waals surface area contributed by atoms with E-state index in [0.29, 0.717) is 6.42 Å². The Kier molecular flexibility index (Phi) is 6.76. The number of nitrogens with zero attached hydrogens (tertiary/aromatic N) is 1. The first kappa shape index (κ1) is 20.4. The molecule has 24 heavy (non-hydrogen) atoms. The van der Waals surface area contributed by atoms with Crippen molar-refractivity contribution in [1.82, 2.24) is 9.62 Å². The van der Waals surface area contributed by atoms with Gasteiger partial charge >= 0.3 is 0 Å². The van der Waals surface area contributed by atoms with E-state index in [1.165, 1.54) is 26.2 Å². The number of hydrogen-bond donors (Lipinski definition) is 1. The number of carboxylic acids is 1. The lowest BCUT2D eigenvalue weighted by molar-refractivity contribution is -0.309. The highest BCUT2D eigenvalue weighted by Crippen LogP contribution is 2.22. The Balaban J connectivity index is 3.22. The van der Waals surface area contributed by atoms with Crippen molar-refractivity contribution in [2.24, 2.45) is 5.92 Å². The van der Waals surface area contributed by atoms with Crippen LogP contribution in [0, 0.1) is 5.92 Å². The molecule has 1 N–H and O–H groups in total. The van der Waals surface area contributed by atoms with Crippen LogP contribution in [0.4, 0.5) is 0 Å². The number of carbonyl (C=O) groups is 2. The molecule has 0 aliphatic carbocycles. The monoisotopic (exact) mass is 375 g/mol. The largest absolute Gasteiger partial charge is 0.548 e. The number of amides is 1. The number of nitrogens with one attached hydrogen (secondary N) is 1. The molecule has 1 amide bonds. The second-order valence-electron chi connectivity index (χ2n) is 5.58. The molecule has 0 heterocycles. The predicted octanol–water partition coefficient (Wildman–Crippen LogP) is 0.485. The maximum Gasteiger partial charge on any atom is 0.253 e. The van der Waals surface area contributed by atoms with E-state index in [2.05, 4.69) is 5.32 Å². The van der Waals surface area contributed by atoms with Gasteiger partial charge in [-0.2, -0.15) is 0 Å². The van der Waals surface area contributed by atoms with E-state index >= 15 is 0 Å². The van der Waals surface area contributed by atoms with E-state index in [4.69, 9.17) is 11.6 Å². The normalized spacial score (nSPS) is 14.2. The number of benzene rings is 1. The Bertz CT molecular complexity index is 733. The van der Waals surface area contributed by atoms with E-state index < -0.39 is 27.9 Å². The second kappa shape index (κ2) is 7.96. The molecule has 0 aliphatic heterocycles. The van der Waals surface area contributed by atoms with Crippen molar-refractivity contribution in [3.05, 3.63) is 28.8 Å². The van der Waals surface area contributed by atoms with Crippen LogP contribution >= 0.6 is 11.6 Å². The summed E-state index contributed by atoms with van der Waals surface area (Å²) in [6, 6.07) is 2.48. The van der Waals surface area contributed by atoms with Crippen LogP contribution in [0.25, 0.3) is 0 Å².